The summed E-state index contributed by atoms with van der Waals surface area (Å²) in [5.74, 6) is 2.15. The predicted octanol–water partition coefficient (Wildman–Crippen LogP) is 2.18. The number of hydrogen-bond donors (Lipinski definition) is 1. The van der Waals surface area contributed by atoms with E-state index in [4.69, 9.17) is 0 Å². The van der Waals surface area contributed by atoms with Crippen LogP contribution in [0.3, 0.4) is 0 Å². The molecule has 2 fully saturated rings. The van der Waals surface area contributed by atoms with Crippen LogP contribution < -0.4 is 10.2 Å². The van der Waals surface area contributed by atoms with E-state index in [0.29, 0.717) is 0 Å². The lowest BCUT2D eigenvalue weighted by Gasteiger charge is -2.29. The van der Waals surface area contributed by atoms with Gasteiger partial charge in [0.15, 0.2) is 0 Å². The van der Waals surface area contributed by atoms with Crippen LogP contribution in [0.1, 0.15) is 31.7 Å². The highest BCUT2D eigenvalue weighted by Crippen LogP contribution is 2.40. The van der Waals surface area contributed by atoms with E-state index < -0.39 is 0 Å². The molecule has 1 saturated heterocycles. The Bertz CT molecular complexity index is 391. The molecule has 2 unspecified atom stereocenters. The molecule has 0 radical (unpaired) electrons. The zero-order valence-corrected chi connectivity index (χ0v) is 10.5. The Morgan fingerprint density at radius 3 is 3.12 bits per heavy atom. The maximum absolute atomic E-state index is 4.62. The second-order valence-electron chi connectivity index (χ2n) is 5.25. The lowest BCUT2D eigenvalue weighted by Crippen LogP contribution is -2.33. The normalized spacial score (nSPS) is 26.8. The summed E-state index contributed by atoms with van der Waals surface area (Å²) >= 11 is 0. The molecular weight excluding hydrogens is 210 g/mol. The van der Waals surface area contributed by atoms with Crippen LogP contribution in [0.5, 0.6) is 0 Å². The second-order valence-corrected chi connectivity index (χ2v) is 5.25. The monoisotopic (exact) mass is 231 g/mol. The molecule has 1 aromatic rings. The molecule has 1 aliphatic carbocycles. The maximum atomic E-state index is 4.62. The molecule has 1 saturated carbocycles. The van der Waals surface area contributed by atoms with Gasteiger partial charge in [0.1, 0.15) is 5.82 Å². The number of fused-ring (bicyclic) bond motifs is 2. The van der Waals surface area contributed by atoms with Crippen LogP contribution in [0.2, 0.25) is 0 Å². The van der Waals surface area contributed by atoms with Crippen LogP contribution in [0.15, 0.2) is 18.3 Å². The molecule has 0 amide bonds. The summed E-state index contributed by atoms with van der Waals surface area (Å²) in [6.07, 6.45) is 6.10. The molecule has 17 heavy (non-hydrogen) atoms. The number of nitrogens with one attached hydrogen (secondary N) is 1. The number of pyridine rings is 1. The van der Waals surface area contributed by atoms with Gasteiger partial charge in [-0.15, -0.1) is 0 Å². The summed E-state index contributed by atoms with van der Waals surface area (Å²) in [6, 6.07) is 5.01. The molecule has 1 aromatic heterocycles. The molecule has 0 spiro atoms. The number of anilines is 1. The van der Waals surface area contributed by atoms with Crippen molar-refractivity contribution in [3.8, 4) is 0 Å². The molecule has 3 heteroatoms. The van der Waals surface area contributed by atoms with Gasteiger partial charge in [0.2, 0.25) is 0 Å². The van der Waals surface area contributed by atoms with Crippen molar-refractivity contribution in [3.05, 3.63) is 23.9 Å². The topological polar surface area (TPSA) is 28.2 Å². The number of aromatic nitrogens is 1. The lowest BCUT2D eigenvalue weighted by atomic mass is 10.1. The van der Waals surface area contributed by atoms with Crippen molar-refractivity contribution >= 4 is 5.82 Å². The maximum Gasteiger partial charge on any atom is 0.133 e. The first-order chi connectivity index (χ1) is 8.38. The molecule has 92 valence electrons. The van der Waals surface area contributed by atoms with E-state index in [9.17, 15) is 0 Å². The Kier molecular flexibility index (Phi) is 3.02. The fraction of sp³-hybridized carbons (Fsp3) is 0.643. The van der Waals surface area contributed by atoms with Gasteiger partial charge in [-0.3, -0.25) is 0 Å². The molecule has 2 bridgehead atoms. The van der Waals surface area contributed by atoms with E-state index in [1.807, 2.05) is 12.3 Å². The van der Waals surface area contributed by atoms with Crippen molar-refractivity contribution in [1.29, 1.82) is 0 Å². The number of hydrogen-bond acceptors (Lipinski definition) is 3. The van der Waals surface area contributed by atoms with Crippen molar-refractivity contribution in [1.82, 2.24) is 10.3 Å². The SMILES string of the molecule is CCNCc1cccnc1N1CC2CCC1C2. The molecule has 2 aliphatic rings. The van der Waals surface area contributed by atoms with Gasteiger partial charge in [-0.1, -0.05) is 13.0 Å². The van der Waals surface area contributed by atoms with E-state index in [0.717, 1.165) is 25.0 Å². The van der Waals surface area contributed by atoms with Gasteiger partial charge >= 0.3 is 0 Å². The highest BCUT2D eigenvalue weighted by Gasteiger charge is 2.38. The molecule has 2 heterocycles. The van der Waals surface area contributed by atoms with Gasteiger partial charge in [-0.25, -0.2) is 4.98 Å². The van der Waals surface area contributed by atoms with Gasteiger partial charge in [0.05, 0.1) is 0 Å². The first-order valence-corrected chi connectivity index (χ1v) is 6.79. The van der Waals surface area contributed by atoms with Crippen LogP contribution in [0, 0.1) is 5.92 Å². The van der Waals surface area contributed by atoms with E-state index >= 15 is 0 Å². The molecule has 2 atom stereocenters. The summed E-state index contributed by atoms with van der Waals surface area (Å²) in [5.41, 5.74) is 1.35. The fourth-order valence-corrected chi connectivity index (χ4v) is 3.27. The number of piperidine rings is 1. The summed E-state index contributed by atoms with van der Waals surface area (Å²) in [4.78, 5) is 7.16. The summed E-state index contributed by atoms with van der Waals surface area (Å²) in [6.45, 7) is 5.32. The van der Waals surface area contributed by atoms with E-state index in [1.54, 1.807) is 0 Å². The Morgan fingerprint density at radius 1 is 1.47 bits per heavy atom. The van der Waals surface area contributed by atoms with Gasteiger partial charge in [0.25, 0.3) is 0 Å². The van der Waals surface area contributed by atoms with Gasteiger partial charge in [0, 0.05) is 30.9 Å². The van der Waals surface area contributed by atoms with E-state index in [2.05, 4.69) is 28.2 Å². The summed E-state index contributed by atoms with van der Waals surface area (Å²) < 4.78 is 0. The third-order valence-corrected chi connectivity index (χ3v) is 4.11. The average molecular weight is 231 g/mol. The largest absolute Gasteiger partial charge is 0.353 e. The average Bonchev–Trinajstić information content (AvgIpc) is 2.99. The van der Waals surface area contributed by atoms with Gasteiger partial charge in [-0.2, -0.15) is 0 Å². The number of rotatable bonds is 4. The van der Waals surface area contributed by atoms with E-state index in [-0.39, 0.29) is 0 Å². The van der Waals surface area contributed by atoms with E-state index in [1.165, 1.54) is 37.2 Å². The van der Waals surface area contributed by atoms with Gasteiger partial charge in [-0.05, 0) is 37.8 Å². The van der Waals surface area contributed by atoms with Crippen molar-refractivity contribution < 1.29 is 0 Å². The minimum absolute atomic E-state index is 0.760. The molecule has 1 N–H and O–H groups in total. The highest BCUT2D eigenvalue weighted by molar-refractivity contribution is 5.49. The van der Waals surface area contributed by atoms with Crippen molar-refractivity contribution in [2.45, 2.75) is 38.8 Å². The highest BCUT2D eigenvalue weighted by atomic mass is 15.2. The second kappa shape index (κ2) is 4.65. The van der Waals surface area contributed by atoms with Crippen LogP contribution in [-0.2, 0) is 6.54 Å². The Labute approximate surface area is 103 Å². The Morgan fingerprint density at radius 2 is 2.41 bits per heavy atom. The van der Waals surface area contributed by atoms with Crippen LogP contribution in [0.4, 0.5) is 5.82 Å². The quantitative estimate of drug-likeness (QED) is 0.861. The Hall–Kier alpha value is -1.09. The lowest BCUT2D eigenvalue weighted by molar-refractivity contribution is 0.548. The molecule has 0 aromatic carbocycles. The van der Waals surface area contributed by atoms with Gasteiger partial charge < -0.3 is 10.2 Å². The summed E-state index contributed by atoms with van der Waals surface area (Å²) in [5, 5.41) is 3.41. The molecular formula is C14H21N3. The zero-order chi connectivity index (χ0) is 11.7. The standard InChI is InChI=1S/C14H21N3/c1-2-15-9-12-4-3-7-16-14(12)17-10-11-5-6-13(17)8-11/h3-4,7,11,13,15H,2,5-6,8-10H2,1H3. The number of nitrogens with zero attached hydrogens (tertiary/aromatic N) is 2. The van der Waals surface area contributed by atoms with Crippen LogP contribution in [-0.4, -0.2) is 24.1 Å². The smallest absolute Gasteiger partial charge is 0.133 e. The molecule has 3 rings (SSSR count). The third-order valence-electron chi connectivity index (χ3n) is 4.11. The first-order valence-electron chi connectivity index (χ1n) is 6.79. The molecule has 3 nitrogen and oxygen atoms in total. The predicted molar refractivity (Wildman–Crippen MR) is 70.1 cm³/mol. The molecule has 1 aliphatic heterocycles. The van der Waals surface area contributed by atoms with Crippen molar-refractivity contribution in [2.24, 2.45) is 5.92 Å². The minimum Gasteiger partial charge on any atom is -0.353 e. The Balaban J connectivity index is 1.82. The van der Waals surface area contributed by atoms with Crippen molar-refractivity contribution in [3.63, 3.8) is 0 Å². The first kappa shape index (κ1) is 11.0. The van der Waals surface area contributed by atoms with Crippen LogP contribution in [0.25, 0.3) is 0 Å². The summed E-state index contributed by atoms with van der Waals surface area (Å²) in [7, 11) is 0. The third kappa shape index (κ3) is 2.04. The van der Waals surface area contributed by atoms with Crippen molar-refractivity contribution in [2.75, 3.05) is 18.0 Å². The fourth-order valence-electron chi connectivity index (χ4n) is 3.27. The van der Waals surface area contributed by atoms with Crippen LogP contribution >= 0.6 is 0 Å². The minimum atomic E-state index is 0.760. The zero-order valence-electron chi connectivity index (χ0n) is 10.5.